The van der Waals surface area contributed by atoms with E-state index in [1.54, 1.807) is 10.9 Å². The van der Waals surface area contributed by atoms with Crippen molar-refractivity contribution >= 4 is 6.29 Å². The minimum absolute atomic E-state index is 0.612. The van der Waals surface area contributed by atoms with Crippen LogP contribution in [0, 0.1) is 13.8 Å². The van der Waals surface area contributed by atoms with Crippen molar-refractivity contribution in [2.75, 3.05) is 0 Å². The number of nitrogens with zero attached hydrogens (tertiary/aromatic N) is 2. The summed E-state index contributed by atoms with van der Waals surface area (Å²) in [7, 11) is 0. The summed E-state index contributed by atoms with van der Waals surface area (Å²) in [5.41, 5.74) is 3.58. The molecule has 0 aliphatic heterocycles. The molecule has 0 spiro atoms. The van der Waals surface area contributed by atoms with Gasteiger partial charge < -0.3 is 0 Å². The summed E-state index contributed by atoms with van der Waals surface area (Å²) < 4.78 is 1.66. The summed E-state index contributed by atoms with van der Waals surface area (Å²) in [5, 5.41) is 4.18. The molecule has 0 saturated heterocycles. The SMILES string of the molecule is Cc1cccc(-n2ncc(C)c2C=O)c1. The highest BCUT2D eigenvalue weighted by molar-refractivity contribution is 5.75. The lowest BCUT2D eigenvalue weighted by Gasteiger charge is -2.04. The lowest BCUT2D eigenvalue weighted by Crippen LogP contribution is -2.01. The fourth-order valence-electron chi connectivity index (χ4n) is 1.55. The van der Waals surface area contributed by atoms with Crippen LogP contribution in [0.5, 0.6) is 0 Å². The van der Waals surface area contributed by atoms with Gasteiger partial charge in [-0.15, -0.1) is 0 Å². The van der Waals surface area contributed by atoms with Gasteiger partial charge in [-0.25, -0.2) is 4.68 Å². The Kier molecular flexibility index (Phi) is 2.37. The van der Waals surface area contributed by atoms with Crippen molar-refractivity contribution in [3.63, 3.8) is 0 Å². The quantitative estimate of drug-likeness (QED) is 0.697. The van der Waals surface area contributed by atoms with E-state index in [9.17, 15) is 4.79 Å². The maximum absolute atomic E-state index is 10.9. The van der Waals surface area contributed by atoms with Gasteiger partial charge in [0.2, 0.25) is 0 Å². The maximum Gasteiger partial charge on any atom is 0.168 e. The van der Waals surface area contributed by atoms with E-state index in [1.165, 1.54) is 0 Å². The second kappa shape index (κ2) is 3.69. The van der Waals surface area contributed by atoms with Crippen molar-refractivity contribution in [2.45, 2.75) is 13.8 Å². The Bertz CT molecular complexity index is 500. The van der Waals surface area contributed by atoms with Crippen LogP contribution in [-0.4, -0.2) is 16.1 Å². The smallest absolute Gasteiger partial charge is 0.168 e. The Morgan fingerprint density at radius 2 is 2.13 bits per heavy atom. The predicted octanol–water partition coefficient (Wildman–Crippen LogP) is 2.30. The zero-order valence-electron chi connectivity index (χ0n) is 8.77. The fourth-order valence-corrected chi connectivity index (χ4v) is 1.55. The third kappa shape index (κ3) is 1.68. The molecule has 3 heteroatoms. The van der Waals surface area contributed by atoms with Gasteiger partial charge in [-0.05, 0) is 37.1 Å². The van der Waals surface area contributed by atoms with Gasteiger partial charge in [-0.3, -0.25) is 4.79 Å². The van der Waals surface area contributed by atoms with E-state index in [0.717, 1.165) is 23.1 Å². The largest absolute Gasteiger partial charge is 0.296 e. The zero-order valence-corrected chi connectivity index (χ0v) is 8.77. The van der Waals surface area contributed by atoms with Crippen LogP contribution < -0.4 is 0 Å². The molecular formula is C12H12N2O. The molecule has 0 atom stereocenters. The molecular weight excluding hydrogens is 188 g/mol. The maximum atomic E-state index is 10.9. The molecule has 76 valence electrons. The van der Waals surface area contributed by atoms with Gasteiger partial charge in [0, 0.05) is 0 Å². The molecule has 1 aromatic carbocycles. The number of aryl methyl sites for hydroxylation is 2. The highest BCUT2D eigenvalue weighted by Crippen LogP contribution is 2.13. The molecule has 0 N–H and O–H groups in total. The molecule has 0 amide bonds. The lowest BCUT2D eigenvalue weighted by molar-refractivity contribution is 0.111. The van der Waals surface area contributed by atoms with E-state index in [4.69, 9.17) is 0 Å². The van der Waals surface area contributed by atoms with Crippen LogP contribution in [0.15, 0.2) is 30.5 Å². The number of carbonyl (C=O) groups is 1. The van der Waals surface area contributed by atoms with E-state index in [2.05, 4.69) is 5.10 Å². The average molecular weight is 200 g/mol. The molecule has 0 aliphatic carbocycles. The van der Waals surface area contributed by atoms with E-state index in [1.807, 2.05) is 38.1 Å². The molecule has 0 radical (unpaired) electrons. The number of hydrogen-bond donors (Lipinski definition) is 0. The molecule has 0 aliphatic rings. The molecule has 1 aromatic heterocycles. The second-order valence-corrected chi connectivity index (χ2v) is 3.58. The van der Waals surface area contributed by atoms with Gasteiger partial charge in [0.05, 0.1) is 11.9 Å². The molecule has 0 unspecified atom stereocenters. The summed E-state index contributed by atoms with van der Waals surface area (Å²) >= 11 is 0. The molecule has 2 rings (SSSR count). The standard InChI is InChI=1S/C12H12N2O/c1-9-4-3-5-11(6-9)14-12(8-15)10(2)7-13-14/h3-8H,1-2H3. The van der Waals surface area contributed by atoms with Gasteiger partial charge in [0.1, 0.15) is 5.69 Å². The second-order valence-electron chi connectivity index (χ2n) is 3.58. The van der Waals surface area contributed by atoms with Crippen LogP contribution >= 0.6 is 0 Å². The Morgan fingerprint density at radius 3 is 2.80 bits per heavy atom. The van der Waals surface area contributed by atoms with Crippen LogP contribution in [-0.2, 0) is 0 Å². The average Bonchev–Trinajstić information content (AvgIpc) is 2.59. The van der Waals surface area contributed by atoms with Crippen molar-refractivity contribution in [1.29, 1.82) is 0 Å². The van der Waals surface area contributed by atoms with E-state index in [0.29, 0.717) is 5.69 Å². The highest BCUT2D eigenvalue weighted by atomic mass is 16.1. The molecule has 2 aromatic rings. The molecule has 1 heterocycles. The number of hydrogen-bond acceptors (Lipinski definition) is 2. The van der Waals surface area contributed by atoms with Crippen molar-refractivity contribution in [3.8, 4) is 5.69 Å². The number of aldehydes is 1. The first kappa shape index (κ1) is 9.65. The third-order valence-electron chi connectivity index (χ3n) is 2.36. The van der Waals surface area contributed by atoms with Crippen molar-refractivity contribution in [1.82, 2.24) is 9.78 Å². The third-order valence-corrected chi connectivity index (χ3v) is 2.36. The summed E-state index contributed by atoms with van der Waals surface area (Å²) in [6.07, 6.45) is 2.54. The molecule has 15 heavy (non-hydrogen) atoms. The molecule has 0 fully saturated rings. The number of benzene rings is 1. The summed E-state index contributed by atoms with van der Waals surface area (Å²) in [6.45, 7) is 3.89. The van der Waals surface area contributed by atoms with Gasteiger partial charge in [-0.2, -0.15) is 5.10 Å². The molecule has 3 nitrogen and oxygen atoms in total. The van der Waals surface area contributed by atoms with Gasteiger partial charge in [-0.1, -0.05) is 12.1 Å². The summed E-state index contributed by atoms with van der Waals surface area (Å²) in [5.74, 6) is 0. The minimum atomic E-state index is 0.612. The number of aromatic nitrogens is 2. The predicted molar refractivity (Wildman–Crippen MR) is 58.4 cm³/mol. The Morgan fingerprint density at radius 1 is 1.33 bits per heavy atom. The fraction of sp³-hybridized carbons (Fsp3) is 0.167. The zero-order chi connectivity index (χ0) is 10.8. The van der Waals surface area contributed by atoms with Crippen LogP contribution in [0.1, 0.15) is 21.6 Å². The lowest BCUT2D eigenvalue weighted by atomic mass is 10.2. The van der Waals surface area contributed by atoms with Crippen molar-refractivity contribution in [2.24, 2.45) is 0 Å². The monoisotopic (exact) mass is 200 g/mol. The Labute approximate surface area is 88.4 Å². The molecule has 0 saturated carbocycles. The van der Waals surface area contributed by atoms with E-state index in [-0.39, 0.29) is 0 Å². The summed E-state index contributed by atoms with van der Waals surface area (Å²) in [6, 6.07) is 7.91. The Balaban J connectivity index is 2.58. The molecule has 0 bridgehead atoms. The first-order valence-electron chi connectivity index (χ1n) is 4.79. The normalized spacial score (nSPS) is 10.3. The first-order chi connectivity index (χ1) is 7.22. The van der Waals surface area contributed by atoms with Gasteiger partial charge in [0.15, 0.2) is 6.29 Å². The van der Waals surface area contributed by atoms with Gasteiger partial charge >= 0.3 is 0 Å². The van der Waals surface area contributed by atoms with Crippen LogP contribution in [0.25, 0.3) is 5.69 Å². The topological polar surface area (TPSA) is 34.9 Å². The van der Waals surface area contributed by atoms with Crippen LogP contribution in [0.4, 0.5) is 0 Å². The van der Waals surface area contributed by atoms with Gasteiger partial charge in [0.25, 0.3) is 0 Å². The first-order valence-corrected chi connectivity index (χ1v) is 4.79. The van der Waals surface area contributed by atoms with E-state index >= 15 is 0 Å². The van der Waals surface area contributed by atoms with Crippen LogP contribution in [0.3, 0.4) is 0 Å². The minimum Gasteiger partial charge on any atom is -0.296 e. The summed E-state index contributed by atoms with van der Waals surface area (Å²) in [4.78, 5) is 10.9. The Hall–Kier alpha value is -1.90. The highest BCUT2D eigenvalue weighted by Gasteiger charge is 2.07. The van der Waals surface area contributed by atoms with E-state index < -0.39 is 0 Å². The number of carbonyl (C=O) groups excluding carboxylic acids is 1. The van der Waals surface area contributed by atoms with Crippen LogP contribution in [0.2, 0.25) is 0 Å². The number of rotatable bonds is 2. The van der Waals surface area contributed by atoms with Crippen molar-refractivity contribution < 1.29 is 4.79 Å². The van der Waals surface area contributed by atoms with Crippen molar-refractivity contribution in [3.05, 3.63) is 47.3 Å².